The Morgan fingerprint density at radius 1 is 1.12 bits per heavy atom. The highest BCUT2D eigenvalue weighted by Gasteiger charge is 2.17. The van der Waals surface area contributed by atoms with Crippen molar-refractivity contribution in [2.75, 3.05) is 0 Å². The van der Waals surface area contributed by atoms with Gasteiger partial charge >= 0.3 is 5.69 Å². The van der Waals surface area contributed by atoms with E-state index in [4.69, 9.17) is 0 Å². The van der Waals surface area contributed by atoms with Gasteiger partial charge in [0.15, 0.2) is 11.2 Å². The second-order valence-corrected chi connectivity index (χ2v) is 5.76. The van der Waals surface area contributed by atoms with E-state index in [1.807, 2.05) is 20.8 Å². The molecule has 0 aliphatic heterocycles. The summed E-state index contributed by atoms with van der Waals surface area (Å²) in [4.78, 5) is 29.4. The Kier molecular flexibility index (Phi) is 7.41. The van der Waals surface area contributed by atoms with Crippen molar-refractivity contribution in [1.82, 2.24) is 18.7 Å². The molecule has 0 amide bonds. The van der Waals surface area contributed by atoms with Crippen molar-refractivity contribution in [3.05, 3.63) is 26.7 Å². The first-order valence-corrected chi connectivity index (χ1v) is 8.71. The quantitative estimate of drug-likeness (QED) is 0.811. The lowest BCUT2D eigenvalue weighted by Crippen LogP contribution is -2.39. The minimum Gasteiger partial charge on any atom is -0.393 e. The monoisotopic (exact) mass is 338 g/mol. The largest absolute Gasteiger partial charge is 0.393 e. The normalized spacial score (nSPS) is 12.1. The van der Waals surface area contributed by atoms with Crippen molar-refractivity contribution in [2.45, 2.75) is 66.0 Å². The summed E-state index contributed by atoms with van der Waals surface area (Å²) in [6.07, 6.45) is 2.48. The van der Waals surface area contributed by atoms with Gasteiger partial charge in [-0.25, -0.2) is 9.78 Å². The number of unbranched alkanes of at least 4 members (excludes halogenated alkanes) is 1. The summed E-state index contributed by atoms with van der Waals surface area (Å²) in [6.45, 7) is 8.06. The number of hydrogen-bond acceptors (Lipinski definition) is 4. The molecule has 7 heteroatoms. The van der Waals surface area contributed by atoms with Crippen LogP contribution in [0, 0.1) is 0 Å². The van der Waals surface area contributed by atoms with E-state index >= 15 is 0 Å². The van der Waals surface area contributed by atoms with Crippen molar-refractivity contribution in [2.24, 2.45) is 14.1 Å². The first-order valence-electron chi connectivity index (χ1n) is 8.71. The molecule has 0 bridgehead atoms. The van der Waals surface area contributed by atoms with Crippen LogP contribution in [0.15, 0.2) is 9.59 Å². The van der Waals surface area contributed by atoms with E-state index in [0.717, 1.165) is 12.2 Å². The third-order valence-electron chi connectivity index (χ3n) is 4.02. The molecule has 0 spiro atoms. The average molecular weight is 338 g/mol. The van der Waals surface area contributed by atoms with E-state index in [-0.39, 0.29) is 17.4 Å². The molecular formula is C17H30N4O3. The van der Waals surface area contributed by atoms with Crippen LogP contribution in [0.3, 0.4) is 0 Å². The van der Waals surface area contributed by atoms with Crippen molar-refractivity contribution >= 4 is 11.2 Å². The van der Waals surface area contributed by atoms with Crippen LogP contribution >= 0.6 is 0 Å². The molecular weight excluding hydrogens is 308 g/mol. The van der Waals surface area contributed by atoms with Crippen molar-refractivity contribution < 1.29 is 5.11 Å². The molecule has 0 aliphatic rings. The van der Waals surface area contributed by atoms with Gasteiger partial charge < -0.3 is 9.67 Å². The molecule has 0 fully saturated rings. The predicted octanol–water partition coefficient (Wildman–Crippen LogP) is 1.57. The van der Waals surface area contributed by atoms with Gasteiger partial charge in [-0.3, -0.25) is 13.9 Å². The summed E-state index contributed by atoms with van der Waals surface area (Å²) in [6, 6.07) is 0. The molecule has 0 aliphatic carbocycles. The molecule has 2 heterocycles. The van der Waals surface area contributed by atoms with Crippen LogP contribution in [0.4, 0.5) is 0 Å². The highest BCUT2D eigenvalue weighted by atomic mass is 16.3. The molecule has 0 radical (unpaired) electrons. The van der Waals surface area contributed by atoms with Crippen LogP contribution in [-0.4, -0.2) is 29.9 Å². The predicted molar refractivity (Wildman–Crippen MR) is 96.5 cm³/mol. The van der Waals surface area contributed by atoms with Crippen LogP contribution in [-0.2, 0) is 27.1 Å². The minimum atomic E-state index is -0.355. The van der Waals surface area contributed by atoms with E-state index in [1.54, 1.807) is 25.6 Å². The zero-order valence-corrected chi connectivity index (χ0v) is 15.7. The van der Waals surface area contributed by atoms with Gasteiger partial charge in [-0.1, -0.05) is 20.8 Å². The maximum atomic E-state index is 12.6. The van der Waals surface area contributed by atoms with Gasteiger partial charge in [0, 0.05) is 27.1 Å². The Balaban J connectivity index is 0.00000139. The molecule has 2 aromatic heterocycles. The van der Waals surface area contributed by atoms with Crippen LogP contribution in [0.5, 0.6) is 0 Å². The van der Waals surface area contributed by atoms with Gasteiger partial charge in [-0.2, -0.15) is 0 Å². The maximum absolute atomic E-state index is 12.6. The molecule has 0 aromatic carbocycles. The van der Waals surface area contributed by atoms with E-state index < -0.39 is 0 Å². The second kappa shape index (κ2) is 8.82. The molecule has 1 atom stereocenters. The summed E-state index contributed by atoms with van der Waals surface area (Å²) >= 11 is 0. The number of aliphatic hydroxyl groups is 1. The minimum absolute atomic E-state index is 0.287. The number of nitrogens with zero attached hydrogens (tertiary/aromatic N) is 4. The number of aryl methyl sites for hydroxylation is 3. The summed E-state index contributed by atoms with van der Waals surface area (Å²) in [5.41, 5.74) is 0.282. The summed E-state index contributed by atoms with van der Waals surface area (Å²) in [5.74, 6) is 0.786. The van der Waals surface area contributed by atoms with Crippen LogP contribution in [0.2, 0.25) is 0 Å². The zero-order chi connectivity index (χ0) is 18.4. The second-order valence-electron chi connectivity index (χ2n) is 5.76. The molecule has 0 saturated carbocycles. The Labute approximate surface area is 142 Å². The van der Waals surface area contributed by atoms with Crippen LogP contribution < -0.4 is 11.2 Å². The highest BCUT2D eigenvalue weighted by molar-refractivity contribution is 5.70. The Bertz CT molecular complexity index is 784. The maximum Gasteiger partial charge on any atom is 0.332 e. The van der Waals surface area contributed by atoms with Crippen molar-refractivity contribution in [1.29, 1.82) is 0 Å². The van der Waals surface area contributed by atoms with E-state index in [0.29, 0.717) is 37.0 Å². The van der Waals surface area contributed by atoms with Gasteiger partial charge in [0.05, 0.1) is 6.10 Å². The van der Waals surface area contributed by atoms with E-state index in [2.05, 4.69) is 4.98 Å². The topological polar surface area (TPSA) is 82.1 Å². The molecule has 2 aromatic rings. The van der Waals surface area contributed by atoms with Gasteiger partial charge in [-0.15, -0.1) is 0 Å². The fourth-order valence-corrected chi connectivity index (χ4v) is 2.71. The molecule has 1 unspecified atom stereocenters. The number of aromatic nitrogens is 4. The number of fused-ring (bicyclic) bond motifs is 1. The smallest absolute Gasteiger partial charge is 0.332 e. The SMILES string of the molecule is CC.CCc1nc2c(c(=O)n(CCCCC(C)O)c(=O)n2C)n1C. The summed E-state index contributed by atoms with van der Waals surface area (Å²) in [7, 11) is 3.45. The molecule has 7 nitrogen and oxygen atoms in total. The first kappa shape index (κ1) is 20.2. The average Bonchev–Trinajstić information content (AvgIpc) is 2.90. The lowest BCUT2D eigenvalue weighted by Gasteiger charge is -2.09. The Hall–Kier alpha value is -1.89. The first-order chi connectivity index (χ1) is 11.4. The molecule has 24 heavy (non-hydrogen) atoms. The molecule has 1 N–H and O–H groups in total. The number of rotatable bonds is 6. The Morgan fingerprint density at radius 2 is 1.75 bits per heavy atom. The number of hydrogen-bond donors (Lipinski definition) is 1. The van der Waals surface area contributed by atoms with Crippen molar-refractivity contribution in [3.8, 4) is 0 Å². The van der Waals surface area contributed by atoms with Gasteiger partial charge in [0.2, 0.25) is 0 Å². The standard InChI is InChI=1S/C15H24N4O3.C2H6/c1-5-11-16-13-12(17(11)3)14(21)19(15(22)18(13)4)9-7-6-8-10(2)20;1-2/h10,20H,5-9H2,1-4H3;1-2H3. The third kappa shape index (κ3) is 3.95. The lowest BCUT2D eigenvalue weighted by molar-refractivity contribution is 0.180. The summed E-state index contributed by atoms with van der Waals surface area (Å²) in [5, 5.41) is 9.26. The highest BCUT2D eigenvalue weighted by Crippen LogP contribution is 2.09. The van der Waals surface area contributed by atoms with E-state index in [1.165, 1.54) is 9.13 Å². The van der Waals surface area contributed by atoms with Gasteiger partial charge in [0.25, 0.3) is 5.56 Å². The molecule has 0 saturated heterocycles. The lowest BCUT2D eigenvalue weighted by atomic mass is 10.2. The van der Waals surface area contributed by atoms with Crippen LogP contribution in [0.25, 0.3) is 11.2 Å². The Morgan fingerprint density at radius 3 is 2.29 bits per heavy atom. The summed E-state index contributed by atoms with van der Waals surface area (Å²) < 4.78 is 4.47. The fraction of sp³-hybridized carbons (Fsp3) is 0.706. The number of imidazole rings is 1. The zero-order valence-electron chi connectivity index (χ0n) is 15.7. The third-order valence-corrected chi connectivity index (χ3v) is 4.02. The molecule has 136 valence electrons. The van der Waals surface area contributed by atoms with Crippen LogP contribution in [0.1, 0.15) is 52.8 Å². The van der Waals surface area contributed by atoms with E-state index in [9.17, 15) is 14.7 Å². The van der Waals surface area contributed by atoms with Gasteiger partial charge in [0.1, 0.15) is 5.82 Å². The van der Waals surface area contributed by atoms with Gasteiger partial charge in [-0.05, 0) is 26.2 Å². The number of aliphatic hydroxyl groups excluding tert-OH is 1. The fourth-order valence-electron chi connectivity index (χ4n) is 2.71. The van der Waals surface area contributed by atoms with Crippen molar-refractivity contribution in [3.63, 3.8) is 0 Å². The molecule has 2 rings (SSSR count).